The summed E-state index contributed by atoms with van der Waals surface area (Å²) >= 11 is 0. The Kier molecular flexibility index (Phi) is 3.54. The predicted molar refractivity (Wildman–Crippen MR) is 101 cm³/mol. The fourth-order valence-electron chi connectivity index (χ4n) is 3.25. The zero-order chi connectivity index (χ0) is 16.5. The van der Waals surface area contributed by atoms with Crippen LogP contribution >= 0.6 is 0 Å². The van der Waals surface area contributed by atoms with Gasteiger partial charge in [0.05, 0.1) is 12.5 Å². The zero-order valence-electron chi connectivity index (χ0n) is 13.7. The second-order valence-electron chi connectivity index (χ2n) is 5.74. The number of methoxy groups -OCH3 is 1. The van der Waals surface area contributed by atoms with Crippen LogP contribution in [0.25, 0.3) is 27.8 Å². The fraction of sp³-hybridized carbons (Fsp3) is 0.0952. The third kappa shape index (κ3) is 2.26. The normalized spacial score (nSPS) is 12.7. The van der Waals surface area contributed by atoms with Crippen LogP contribution in [0.1, 0.15) is 0 Å². The molecule has 3 aromatic carbocycles. The Morgan fingerprint density at radius 3 is 2.58 bits per heavy atom. The molecule has 3 nitrogen and oxygen atoms in total. The van der Waals surface area contributed by atoms with Crippen molar-refractivity contribution in [3.8, 4) is 5.75 Å². The van der Waals surface area contributed by atoms with Gasteiger partial charge in [-0.15, -0.1) is 0 Å². The van der Waals surface area contributed by atoms with Crippen molar-refractivity contribution in [2.45, 2.75) is 0 Å². The molecule has 4 rings (SSSR count). The summed E-state index contributed by atoms with van der Waals surface area (Å²) in [6.07, 6.45) is 3.90. The summed E-state index contributed by atoms with van der Waals surface area (Å²) < 4.78 is 7.56. The molecule has 0 bridgehead atoms. The van der Waals surface area contributed by atoms with E-state index in [0.29, 0.717) is 0 Å². The highest BCUT2D eigenvalue weighted by Gasteiger charge is 2.07. The van der Waals surface area contributed by atoms with E-state index in [4.69, 9.17) is 4.74 Å². The minimum atomic E-state index is 0.775. The van der Waals surface area contributed by atoms with E-state index in [9.17, 15) is 0 Å². The van der Waals surface area contributed by atoms with Crippen molar-refractivity contribution in [2.24, 2.45) is 12.0 Å². The average molecular weight is 314 g/mol. The Labute approximate surface area is 140 Å². The molecule has 0 aliphatic heterocycles. The van der Waals surface area contributed by atoms with Crippen molar-refractivity contribution in [2.75, 3.05) is 7.11 Å². The highest BCUT2D eigenvalue weighted by atomic mass is 16.5. The SMILES string of the molecule is COc1ccccc1N=C/C=c1\c2cccc3cccc(c32)n1C. The first-order chi connectivity index (χ1) is 11.8. The molecule has 0 aliphatic rings. The van der Waals surface area contributed by atoms with Crippen LogP contribution in [0.3, 0.4) is 0 Å². The molecule has 3 heteroatoms. The Hall–Kier alpha value is -3.07. The summed E-state index contributed by atoms with van der Waals surface area (Å²) in [5.74, 6) is 0.775. The molecule has 0 spiro atoms. The van der Waals surface area contributed by atoms with Gasteiger partial charge in [-0.25, -0.2) is 0 Å². The smallest absolute Gasteiger partial charge is 0.144 e. The monoisotopic (exact) mass is 314 g/mol. The van der Waals surface area contributed by atoms with E-state index in [2.05, 4.69) is 59.1 Å². The summed E-state index contributed by atoms with van der Waals surface area (Å²) in [5.41, 5.74) is 2.06. The first-order valence-corrected chi connectivity index (χ1v) is 7.93. The van der Waals surface area contributed by atoms with Crippen molar-refractivity contribution < 1.29 is 4.74 Å². The summed E-state index contributed by atoms with van der Waals surface area (Å²) in [7, 11) is 3.76. The molecule has 1 heterocycles. The second-order valence-corrected chi connectivity index (χ2v) is 5.74. The van der Waals surface area contributed by atoms with Crippen LogP contribution in [0, 0.1) is 0 Å². The molecular weight excluding hydrogens is 296 g/mol. The lowest BCUT2D eigenvalue weighted by Gasteiger charge is -2.01. The molecule has 0 radical (unpaired) electrons. The van der Waals surface area contributed by atoms with Crippen LogP contribution in [0.5, 0.6) is 5.75 Å². The minimum Gasteiger partial charge on any atom is -0.494 e. The zero-order valence-corrected chi connectivity index (χ0v) is 13.7. The molecule has 4 aromatic rings. The van der Waals surface area contributed by atoms with Crippen molar-refractivity contribution >= 4 is 39.7 Å². The van der Waals surface area contributed by atoms with E-state index in [0.717, 1.165) is 16.8 Å². The predicted octanol–water partition coefficient (Wildman–Crippen LogP) is 4.24. The molecule has 0 N–H and O–H groups in total. The van der Waals surface area contributed by atoms with E-state index in [1.165, 1.54) is 21.7 Å². The van der Waals surface area contributed by atoms with Gasteiger partial charge in [0.15, 0.2) is 0 Å². The van der Waals surface area contributed by atoms with Crippen molar-refractivity contribution in [3.63, 3.8) is 0 Å². The maximum Gasteiger partial charge on any atom is 0.144 e. The van der Waals surface area contributed by atoms with Crippen LogP contribution in [0.4, 0.5) is 5.69 Å². The van der Waals surface area contributed by atoms with Gasteiger partial charge in [-0.05, 0) is 29.7 Å². The van der Waals surface area contributed by atoms with Gasteiger partial charge < -0.3 is 9.30 Å². The van der Waals surface area contributed by atoms with Gasteiger partial charge in [0.2, 0.25) is 0 Å². The fourth-order valence-corrected chi connectivity index (χ4v) is 3.25. The molecule has 24 heavy (non-hydrogen) atoms. The Balaban J connectivity index is 1.88. The third-order valence-corrected chi connectivity index (χ3v) is 4.41. The van der Waals surface area contributed by atoms with Gasteiger partial charge in [-0.2, -0.15) is 0 Å². The molecule has 0 unspecified atom stereocenters. The second kappa shape index (κ2) is 5.85. The number of rotatable bonds is 3. The highest BCUT2D eigenvalue weighted by Crippen LogP contribution is 2.26. The lowest BCUT2D eigenvalue weighted by Crippen LogP contribution is -2.12. The summed E-state index contributed by atoms with van der Waals surface area (Å²) in [5, 5.41) is 4.97. The number of para-hydroxylation sites is 2. The van der Waals surface area contributed by atoms with Gasteiger partial charge >= 0.3 is 0 Å². The topological polar surface area (TPSA) is 26.5 Å². The number of ether oxygens (including phenoxy) is 1. The quantitative estimate of drug-likeness (QED) is 0.519. The lowest BCUT2D eigenvalue weighted by atomic mass is 10.1. The highest BCUT2D eigenvalue weighted by molar-refractivity contribution is 6.11. The van der Waals surface area contributed by atoms with Crippen LogP contribution in [0.2, 0.25) is 0 Å². The van der Waals surface area contributed by atoms with Gasteiger partial charge in [0.1, 0.15) is 11.4 Å². The van der Waals surface area contributed by atoms with E-state index in [-0.39, 0.29) is 0 Å². The molecule has 0 fully saturated rings. The standard InChI is InChI=1S/C21H18N2O/c1-23-18(13-14-22-17-10-3-4-12-20(17)24-2)16-9-5-7-15-8-6-11-19(23)21(15)16/h3-14H,1-2H3/b18-13+,22-14?. The Morgan fingerprint density at radius 2 is 1.75 bits per heavy atom. The largest absolute Gasteiger partial charge is 0.494 e. The molecule has 0 atom stereocenters. The maximum absolute atomic E-state index is 5.34. The van der Waals surface area contributed by atoms with Crippen LogP contribution in [-0.2, 0) is 7.05 Å². The van der Waals surface area contributed by atoms with E-state index >= 15 is 0 Å². The maximum atomic E-state index is 5.34. The number of aryl methyl sites for hydroxylation is 1. The lowest BCUT2D eigenvalue weighted by molar-refractivity contribution is 0.416. The van der Waals surface area contributed by atoms with Gasteiger partial charge in [0, 0.05) is 29.6 Å². The first kappa shape index (κ1) is 14.5. The van der Waals surface area contributed by atoms with Crippen molar-refractivity contribution in [3.05, 3.63) is 66.0 Å². The molecular formula is C21H18N2O. The first-order valence-electron chi connectivity index (χ1n) is 7.93. The number of hydrogen-bond donors (Lipinski definition) is 0. The number of aliphatic imine (C=N–C) groups is 1. The third-order valence-electron chi connectivity index (χ3n) is 4.41. The number of aromatic nitrogens is 1. The molecule has 0 amide bonds. The Bertz CT molecular complexity index is 1100. The van der Waals surface area contributed by atoms with Crippen LogP contribution < -0.4 is 10.1 Å². The van der Waals surface area contributed by atoms with Gasteiger partial charge in [-0.3, -0.25) is 4.99 Å². The van der Waals surface area contributed by atoms with Gasteiger partial charge in [0.25, 0.3) is 0 Å². The van der Waals surface area contributed by atoms with Crippen molar-refractivity contribution in [1.29, 1.82) is 0 Å². The van der Waals surface area contributed by atoms with Crippen LogP contribution in [0.15, 0.2) is 65.7 Å². The minimum absolute atomic E-state index is 0.775. The van der Waals surface area contributed by atoms with Crippen molar-refractivity contribution in [1.82, 2.24) is 4.57 Å². The van der Waals surface area contributed by atoms with E-state index < -0.39 is 0 Å². The average Bonchev–Trinajstić information content (AvgIpc) is 2.90. The van der Waals surface area contributed by atoms with Gasteiger partial charge in [-0.1, -0.05) is 42.5 Å². The molecule has 0 saturated heterocycles. The number of benzene rings is 3. The Morgan fingerprint density at radius 1 is 0.958 bits per heavy atom. The van der Waals surface area contributed by atoms with E-state index in [1.807, 2.05) is 30.5 Å². The summed E-state index contributed by atoms with van der Waals surface area (Å²) in [6, 6.07) is 20.6. The molecule has 0 aliphatic carbocycles. The number of nitrogens with zero attached hydrogens (tertiary/aromatic N) is 2. The number of hydrogen-bond acceptors (Lipinski definition) is 2. The van der Waals surface area contributed by atoms with Crippen LogP contribution in [-0.4, -0.2) is 17.9 Å². The summed E-state index contributed by atoms with van der Waals surface area (Å²) in [4.78, 5) is 4.55. The van der Waals surface area contributed by atoms with E-state index in [1.54, 1.807) is 7.11 Å². The summed E-state index contributed by atoms with van der Waals surface area (Å²) in [6.45, 7) is 0. The molecule has 1 aromatic heterocycles. The molecule has 118 valence electrons. The molecule has 0 saturated carbocycles.